The van der Waals surface area contributed by atoms with Crippen LogP contribution < -0.4 is 16.4 Å². The quantitative estimate of drug-likeness (QED) is 0.574. The number of nitrogens with one attached hydrogen (secondary N) is 2. The molecule has 0 aromatic rings. The number of carbonyl (C=O) groups is 1. The largest absolute Gasteiger partial charge is 0.355 e. The minimum Gasteiger partial charge on any atom is -0.355 e. The van der Waals surface area contributed by atoms with E-state index in [0.29, 0.717) is 13.0 Å². The number of amides is 1. The van der Waals surface area contributed by atoms with E-state index in [1.807, 2.05) is 0 Å². The van der Waals surface area contributed by atoms with Gasteiger partial charge in [0.1, 0.15) is 0 Å². The molecule has 1 aliphatic rings. The summed E-state index contributed by atoms with van der Waals surface area (Å²) >= 11 is 0. The molecule has 0 heterocycles. The summed E-state index contributed by atoms with van der Waals surface area (Å²) in [5.41, 5.74) is 5.97. The average Bonchev–Trinajstić information content (AvgIpc) is 2.39. The molecule has 1 fully saturated rings. The summed E-state index contributed by atoms with van der Waals surface area (Å²) in [5.74, 6) is 0.167. The molecule has 4 N–H and O–H groups in total. The lowest BCUT2D eigenvalue weighted by Crippen LogP contribution is -2.40. The van der Waals surface area contributed by atoms with Gasteiger partial charge in [0.2, 0.25) is 5.91 Å². The Morgan fingerprint density at radius 2 is 1.89 bits per heavy atom. The monoisotopic (exact) mass is 255 g/mol. The maximum absolute atomic E-state index is 11.9. The molecule has 0 aromatic heterocycles. The van der Waals surface area contributed by atoms with Crippen LogP contribution in [0.15, 0.2) is 0 Å². The molecule has 0 aliphatic heterocycles. The van der Waals surface area contributed by atoms with Gasteiger partial charge in [0.15, 0.2) is 0 Å². The Bertz CT molecular complexity index is 237. The minimum atomic E-state index is 0.0825. The smallest absolute Gasteiger partial charge is 0.220 e. The first kappa shape index (κ1) is 15.4. The lowest BCUT2D eigenvalue weighted by molar-refractivity contribution is -0.123. The maximum atomic E-state index is 11.9. The summed E-state index contributed by atoms with van der Waals surface area (Å²) in [7, 11) is 0. The van der Waals surface area contributed by atoms with Gasteiger partial charge in [-0.15, -0.1) is 0 Å². The van der Waals surface area contributed by atoms with Crippen molar-refractivity contribution in [2.45, 2.75) is 51.9 Å². The van der Waals surface area contributed by atoms with Crippen molar-refractivity contribution in [2.75, 3.05) is 26.2 Å². The predicted octanol–water partition coefficient (Wildman–Crippen LogP) is 1.40. The summed E-state index contributed by atoms with van der Waals surface area (Å²) in [5, 5.41) is 6.27. The van der Waals surface area contributed by atoms with E-state index in [9.17, 15) is 4.79 Å². The molecule has 0 bridgehead atoms. The van der Waals surface area contributed by atoms with Crippen LogP contribution in [0, 0.1) is 5.41 Å². The maximum Gasteiger partial charge on any atom is 0.220 e. The third kappa shape index (κ3) is 5.36. The van der Waals surface area contributed by atoms with Gasteiger partial charge < -0.3 is 16.4 Å². The number of hydrogen-bond acceptors (Lipinski definition) is 3. The Labute approximate surface area is 111 Å². The van der Waals surface area contributed by atoms with E-state index in [4.69, 9.17) is 5.73 Å². The Morgan fingerprint density at radius 1 is 1.17 bits per heavy atom. The highest BCUT2D eigenvalue weighted by molar-refractivity contribution is 5.76. The van der Waals surface area contributed by atoms with Crippen LogP contribution in [0.3, 0.4) is 0 Å². The minimum absolute atomic E-state index is 0.0825. The van der Waals surface area contributed by atoms with Crippen molar-refractivity contribution in [3.05, 3.63) is 0 Å². The van der Waals surface area contributed by atoms with Gasteiger partial charge in [-0.05, 0) is 37.8 Å². The lowest BCUT2D eigenvalue weighted by atomic mass is 9.71. The molecule has 1 saturated carbocycles. The van der Waals surface area contributed by atoms with E-state index in [1.54, 1.807) is 0 Å². The third-order valence-corrected chi connectivity index (χ3v) is 3.93. The van der Waals surface area contributed by atoms with Crippen molar-refractivity contribution < 1.29 is 4.79 Å². The Morgan fingerprint density at radius 3 is 2.50 bits per heavy atom. The Hall–Kier alpha value is -0.610. The van der Waals surface area contributed by atoms with Gasteiger partial charge in [0.25, 0.3) is 0 Å². The summed E-state index contributed by atoms with van der Waals surface area (Å²) < 4.78 is 0. The van der Waals surface area contributed by atoms with Gasteiger partial charge in [0.05, 0.1) is 0 Å². The molecule has 4 heteroatoms. The van der Waals surface area contributed by atoms with E-state index in [0.717, 1.165) is 38.9 Å². The molecule has 0 unspecified atom stereocenters. The van der Waals surface area contributed by atoms with E-state index in [-0.39, 0.29) is 11.3 Å². The zero-order valence-electron chi connectivity index (χ0n) is 11.8. The Kier molecular flexibility index (Phi) is 7.28. The molecule has 1 rings (SSSR count). The van der Waals surface area contributed by atoms with Crippen LogP contribution in [0.5, 0.6) is 0 Å². The second-order valence-corrected chi connectivity index (χ2v) is 5.54. The zero-order valence-corrected chi connectivity index (χ0v) is 11.8. The van der Waals surface area contributed by atoms with E-state index < -0.39 is 0 Å². The van der Waals surface area contributed by atoms with Crippen LogP contribution in [-0.2, 0) is 4.79 Å². The predicted molar refractivity (Wildman–Crippen MR) is 75.4 cm³/mol. The van der Waals surface area contributed by atoms with Crippen LogP contribution in [0.2, 0.25) is 0 Å². The molecule has 0 atom stereocenters. The second-order valence-electron chi connectivity index (χ2n) is 5.54. The third-order valence-electron chi connectivity index (χ3n) is 3.93. The number of rotatable bonds is 8. The molecular formula is C14H29N3O. The fourth-order valence-corrected chi connectivity index (χ4v) is 2.75. The van der Waals surface area contributed by atoms with Crippen molar-refractivity contribution in [3.8, 4) is 0 Å². The van der Waals surface area contributed by atoms with Crippen molar-refractivity contribution in [3.63, 3.8) is 0 Å². The highest BCUT2D eigenvalue weighted by Crippen LogP contribution is 2.38. The molecule has 4 nitrogen and oxygen atoms in total. The first-order valence-electron chi connectivity index (χ1n) is 7.40. The molecule has 0 radical (unpaired) electrons. The first-order valence-corrected chi connectivity index (χ1v) is 7.40. The molecule has 1 amide bonds. The van der Waals surface area contributed by atoms with Gasteiger partial charge in [0, 0.05) is 19.5 Å². The Balaban J connectivity index is 2.20. The van der Waals surface area contributed by atoms with Gasteiger partial charge in [-0.25, -0.2) is 0 Å². The SMILES string of the molecule is CCCNCCNC(=O)CC1(CN)CCCCC1. The van der Waals surface area contributed by atoms with Crippen molar-refractivity contribution >= 4 is 5.91 Å². The first-order chi connectivity index (χ1) is 8.72. The lowest BCUT2D eigenvalue weighted by Gasteiger charge is -2.35. The number of carbonyl (C=O) groups excluding carboxylic acids is 1. The molecule has 0 spiro atoms. The fraction of sp³-hybridized carbons (Fsp3) is 0.929. The molecule has 106 valence electrons. The van der Waals surface area contributed by atoms with E-state index in [1.165, 1.54) is 19.3 Å². The van der Waals surface area contributed by atoms with Crippen LogP contribution >= 0.6 is 0 Å². The fourth-order valence-electron chi connectivity index (χ4n) is 2.75. The standard InChI is InChI=1S/C14H29N3O/c1-2-8-16-9-10-17-13(18)11-14(12-15)6-4-3-5-7-14/h16H,2-12,15H2,1H3,(H,17,18). The van der Waals surface area contributed by atoms with Crippen molar-refractivity contribution in [1.29, 1.82) is 0 Å². The number of nitrogens with two attached hydrogens (primary N) is 1. The van der Waals surface area contributed by atoms with Crippen LogP contribution in [0.4, 0.5) is 0 Å². The van der Waals surface area contributed by atoms with Crippen LogP contribution in [-0.4, -0.2) is 32.1 Å². The van der Waals surface area contributed by atoms with Crippen LogP contribution in [0.1, 0.15) is 51.9 Å². The van der Waals surface area contributed by atoms with Gasteiger partial charge in [-0.3, -0.25) is 4.79 Å². The second kappa shape index (κ2) is 8.48. The summed E-state index contributed by atoms with van der Waals surface area (Å²) in [6.07, 6.45) is 7.72. The highest BCUT2D eigenvalue weighted by atomic mass is 16.1. The summed E-state index contributed by atoms with van der Waals surface area (Å²) in [4.78, 5) is 11.9. The summed E-state index contributed by atoms with van der Waals surface area (Å²) in [6.45, 7) is 5.38. The van der Waals surface area contributed by atoms with Crippen LogP contribution in [0.25, 0.3) is 0 Å². The topological polar surface area (TPSA) is 67.1 Å². The molecule has 0 saturated heterocycles. The molecule has 0 aromatic carbocycles. The van der Waals surface area contributed by atoms with E-state index >= 15 is 0 Å². The van der Waals surface area contributed by atoms with Gasteiger partial charge in [-0.1, -0.05) is 26.2 Å². The normalized spacial score (nSPS) is 18.6. The van der Waals surface area contributed by atoms with Crippen molar-refractivity contribution in [1.82, 2.24) is 10.6 Å². The highest BCUT2D eigenvalue weighted by Gasteiger charge is 2.32. The zero-order chi connectivity index (χ0) is 13.3. The van der Waals surface area contributed by atoms with Gasteiger partial charge in [-0.2, -0.15) is 0 Å². The van der Waals surface area contributed by atoms with Gasteiger partial charge >= 0.3 is 0 Å². The van der Waals surface area contributed by atoms with Crippen molar-refractivity contribution in [2.24, 2.45) is 11.1 Å². The van der Waals surface area contributed by atoms with E-state index in [2.05, 4.69) is 17.6 Å². The summed E-state index contributed by atoms with van der Waals surface area (Å²) in [6, 6.07) is 0. The average molecular weight is 255 g/mol. The molecular weight excluding hydrogens is 226 g/mol. The number of hydrogen-bond donors (Lipinski definition) is 3. The molecule has 18 heavy (non-hydrogen) atoms. The molecule has 1 aliphatic carbocycles.